The van der Waals surface area contributed by atoms with Gasteiger partial charge < -0.3 is 10.1 Å². The molecule has 4 rings (SSSR count). The van der Waals surface area contributed by atoms with Crippen LogP contribution in [0, 0.1) is 6.92 Å². The Bertz CT molecular complexity index is 1090. The van der Waals surface area contributed by atoms with E-state index in [1.807, 2.05) is 63.2 Å². The molecule has 6 nitrogen and oxygen atoms in total. The van der Waals surface area contributed by atoms with Gasteiger partial charge in [0.25, 0.3) is 0 Å². The van der Waals surface area contributed by atoms with E-state index in [4.69, 9.17) is 9.84 Å². The number of allylic oxidation sites excluding steroid dienone is 1. The first-order valence-electron chi connectivity index (χ1n) is 9.92. The van der Waals surface area contributed by atoms with Crippen LogP contribution in [0.3, 0.4) is 0 Å². The summed E-state index contributed by atoms with van der Waals surface area (Å²) in [6.45, 7) is 6.05. The minimum Gasteiger partial charge on any atom is -0.463 e. The molecule has 0 radical (unpaired) electrons. The topological polar surface area (TPSA) is 69.0 Å². The fourth-order valence-electron chi connectivity index (χ4n) is 3.57. The van der Waals surface area contributed by atoms with Crippen molar-refractivity contribution in [1.29, 1.82) is 0 Å². The van der Waals surface area contributed by atoms with E-state index in [0.29, 0.717) is 23.3 Å². The van der Waals surface area contributed by atoms with Gasteiger partial charge in [-0.15, -0.1) is 5.10 Å². The molecule has 0 saturated heterocycles. The average Bonchev–Trinajstić information content (AvgIpc) is 3.15. The molecule has 0 saturated carbocycles. The molecular formula is C23H24N4O2S. The monoisotopic (exact) mass is 420 g/mol. The van der Waals surface area contributed by atoms with E-state index >= 15 is 0 Å². The summed E-state index contributed by atoms with van der Waals surface area (Å²) in [6, 6.07) is 17.9. The average molecular weight is 421 g/mol. The quantitative estimate of drug-likeness (QED) is 0.459. The highest BCUT2D eigenvalue weighted by atomic mass is 32.2. The first kappa shape index (κ1) is 20.2. The number of fused-ring (bicyclic) bond motifs is 1. The number of hydrogen-bond acceptors (Lipinski definition) is 6. The fraction of sp³-hybridized carbons (Fsp3) is 0.261. The lowest BCUT2D eigenvalue weighted by Crippen LogP contribution is -2.30. The number of nitrogens with zero attached hydrogens (tertiary/aromatic N) is 3. The molecule has 0 unspecified atom stereocenters. The highest BCUT2D eigenvalue weighted by Crippen LogP contribution is 2.38. The maximum absolute atomic E-state index is 12.8. The molecular weight excluding hydrogens is 396 g/mol. The van der Waals surface area contributed by atoms with Gasteiger partial charge in [-0.05, 0) is 37.5 Å². The normalized spacial score (nSPS) is 15.5. The van der Waals surface area contributed by atoms with E-state index in [9.17, 15) is 4.79 Å². The Morgan fingerprint density at radius 2 is 1.87 bits per heavy atom. The van der Waals surface area contributed by atoms with Gasteiger partial charge in [-0.2, -0.15) is 4.98 Å². The van der Waals surface area contributed by atoms with Gasteiger partial charge in [0.1, 0.15) is 6.04 Å². The smallest absolute Gasteiger partial charge is 0.338 e. The third kappa shape index (κ3) is 3.98. The van der Waals surface area contributed by atoms with E-state index in [1.54, 1.807) is 16.4 Å². The lowest BCUT2D eigenvalue weighted by atomic mass is 9.93. The van der Waals surface area contributed by atoms with Crippen LogP contribution >= 0.6 is 11.8 Å². The lowest BCUT2D eigenvalue weighted by molar-refractivity contribution is -0.139. The Hall–Kier alpha value is -3.06. The molecule has 7 heteroatoms. The Labute approximate surface area is 180 Å². The third-order valence-electron chi connectivity index (χ3n) is 5.02. The predicted molar refractivity (Wildman–Crippen MR) is 118 cm³/mol. The summed E-state index contributed by atoms with van der Waals surface area (Å²) in [5.41, 5.74) is 4.59. The Balaban J connectivity index is 1.72. The number of nitrogens with one attached hydrogen (secondary N) is 1. The van der Waals surface area contributed by atoms with Crippen molar-refractivity contribution in [2.45, 2.75) is 37.7 Å². The first-order valence-corrected chi connectivity index (χ1v) is 10.9. The van der Waals surface area contributed by atoms with Crippen molar-refractivity contribution < 1.29 is 9.53 Å². The van der Waals surface area contributed by atoms with Crippen molar-refractivity contribution in [3.8, 4) is 0 Å². The molecule has 1 aliphatic heterocycles. The second kappa shape index (κ2) is 8.75. The minimum atomic E-state index is -0.389. The minimum absolute atomic E-state index is 0.318. The van der Waals surface area contributed by atoms with Crippen molar-refractivity contribution in [2.75, 3.05) is 11.9 Å². The Morgan fingerprint density at radius 1 is 1.13 bits per heavy atom. The molecule has 30 heavy (non-hydrogen) atoms. The third-order valence-corrected chi connectivity index (χ3v) is 5.93. The summed E-state index contributed by atoms with van der Waals surface area (Å²) >= 11 is 1.57. The van der Waals surface area contributed by atoms with Gasteiger partial charge in [0.15, 0.2) is 0 Å². The molecule has 1 aromatic heterocycles. The van der Waals surface area contributed by atoms with Gasteiger partial charge in [-0.25, -0.2) is 9.48 Å². The summed E-state index contributed by atoms with van der Waals surface area (Å²) in [5, 5.41) is 8.66. The maximum atomic E-state index is 12.8. The van der Waals surface area contributed by atoms with Crippen LogP contribution in [-0.2, 0) is 15.3 Å². The van der Waals surface area contributed by atoms with Gasteiger partial charge in [-0.1, -0.05) is 66.4 Å². The van der Waals surface area contributed by atoms with Crippen molar-refractivity contribution in [2.24, 2.45) is 0 Å². The highest BCUT2D eigenvalue weighted by molar-refractivity contribution is 7.98. The summed E-state index contributed by atoms with van der Waals surface area (Å²) in [6.07, 6.45) is 0. The van der Waals surface area contributed by atoms with Crippen LogP contribution in [-0.4, -0.2) is 27.3 Å². The molecule has 1 N–H and O–H groups in total. The number of esters is 1. The number of carbonyl (C=O) groups excluding carboxylic acids is 1. The molecule has 154 valence electrons. The SMILES string of the molecule is CCOC(=O)C1=C(C)Nc2nc(SCc3ccccc3)nn2[C@@H]1c1ccccc1C. The fourth-order valence-corrected chi connectivity index (χ4v) is 4.35. The lowest BCUT2D eigenvalue weighted by Gasteiger charge is -2.28. The van der Waals surface area contributed by atoms with Crippen LogP contribution in [0.5, 0.6) is 0 Å². The molecule has 0 fully saturated rings. The standard InChI is InChI=1S/C23H24N4O2S/c1-4-29-21(28)19-16(3)24-22-25-23(30-14-17-11-6-5-7-12-17)26-27(22)20(19)18-13-9-8-10-15(18)2/h5-13,20H,4,14H2,1-3H3,(H,24,25,26)/t20-/m1/s1. The van der Waals surface area contributed by atoms with Gasteiger partial charge in [0.05, 0.1) is 12.2 Å². The number of thioether (sulfide) groups is 1. The molecule has 2 heterocycles. The van der Waals surface area contributed by atoms with Crippen molar-refractivity contribution in [3.05, 3.63) is 82.6 Å². The number of rotatable bonds is 6. The van der Waals surface area contributed by atoms with Crippen molar-refractivity contribution in [3.63, 3.8) is 0 Å². The Morgan fingerprint density at radius 3 is 2.60 bits per heavy atom. The van der Waals surface area contributed by atoms with Crippen LogP contribution in [0.15, 0.2) is 71.0 Å². The first-order chi connectivity index (χ1) is 14.6. The Kier molecular flexibility index (Phi) is 5.90. The number of ether oxygens (including phenoxy) is 1. The van der Waals surface area contributed by atoms with Crippen LogP contribution in [0.2, 0.25) is 0 Å². The van der Waals surface area contributed by atoms with E-state index < -0.39 is 0 Å². The molecule has 3 aromatic rings. The van der Waals surface area contributed by atoms with Crippen molar-refractivity contribution >= 4 is 23.7 Å². The summed E-state index contributed by atoms with van der Waals surface area (Å²) in [5.74, 6) is 1.07. The zero-order chi connectivity index (χ0) is 21.1. The number of carbonyl (C=O) groups is 1. The number of anilines is 1. The zero-order valence-electron chi connectivity index (χ0n) is 17.3. The summed E-state index contributed by atoms with van der Waals surface area (Å²) in [7, 11) is 0. The predicted octanol–water partition coefficient (Wildman–Crippen LogP) is 4.73. The summed E-state index contributed by atoms with van der Waals surface area (Å²) in [4.78, 5) is 17.5. The van der Waals surface area contributed by atoms with E-state index in [1.165, 1.54) is 5.56 Å². The van der Waals surface area contributed by atoms with Crippen LogP contribution in [0.4, 0.5) is 5.95 Å². The molecule has 0 aliphatic carbocycles. The number of aromatic nitrogens is 3. The number of benzene rings is 2. The van der Waals surface area contributed by atoms with Gasteiger partial charge in [0.2, 0.25) is 11.1 Å². The van der Waals surface area contributed by atoms with E-state index in [0.717, 1.165) is 22.6 Å². The van der Waals surface area contributed by atoms with Crippen molar-refractivity contribution in [1.82, 2.24) is 14.8 Å². The largest absolute Gasteiger partial charge is 0.463 e. The van der Waals surface area contributed by atoms with Crippen LogP contribution in [0.1, 0.15) is 36.6 Å². The highest BCUT2D eigenvalue weighted by Gasteiger charge is 2.35. The van der Waals surface area contributed by atoms with Gasteiger partial charge in [-0.3, -0.25) is 0 Å². The number of hydrogen-bond donors (Lipinski definition) is 1. The molecule has 1 atom stereocenters. The van der Waals surface area contributed by atoms with Crippen LogP contribution in [0.25, 0.3) is 0 Å². The molecule has 0 amide bonds. The van der Waals surface area contributed by atoms with Crippen LogP contribution < -0.4 is 5.32 Å². The second-order valence-corrected chi connectivity index (χ2v) is 8.02. The molecule has 0 bridgehead atoms. The molecule has 1 aliphatic rings. The maximum Gasteiger partial charge on any atom is 0.338 e. The van der Waals surface area contributed by atoms with Gasteiger partial charge in [0, 0.05) is 11.4 Å². The molecule has 0 spiro atoms. The van der Waals surface area contributed by atoms with Gasteiger partial charge >= 0.3 is 5.97 Å². The van der Waals surface area contributed by atoms with E-state index in [2.05, 4.69) is 22.4 Å². The molecule has 2 aromatic carbocycles. The summed E-state index contributed by atoms with van der Waals surface area (Å²) < 4.78 is 7.17. The van der Waals surface area contributed by atoms with E-state index in [-0.39, 0.29) is 12.0 Å². The zero-order valence-corrected chi connectivity index (χ0v) is 18.1. The second-order valence-electron chi connectivity index (χ2n) is 7.08. The number of aryl methyl sites for hydroxylation is 1.